The lowest BCUT2D eigenvalue weighted by atomic mass is 10.0. The van der Waals surface area contributed by atoms with Crippen LogP contribution in [0.15, 0.2) is 24.3 Å². The number of nitrogens with one attached hydrogen (secondary N) is 1. The fourth-order valence-corrected chi connectivity index (χ4v) is 13.8. The molecule has 0 aliphatic carbocycles. The van der Waals surface area contributed by atoms with Crippen LogP contribution in [0.5, 0.6) is 0 Å². The number of unbranched alkanes of at least 4 members (excludes halogenated alkanes) is 66. The van der Waals surface area contributed by atoms with Gasteiger partial charge in [-0.1, -0.05) is 443 Å². The number of hydrogen-bond acceptors (Lipinski definition) is 5. The Bertz CT molecular complexity index is 1450. The molecule has 0 aromatic carbocycles. The van der Waals surface area contributed by atoms with Crippen molar-refractivity contribution >= 4 is 11.9 Å². The standard InChI is InChI=1S/C86H167NO5/c1-3-5-7-9-11-13-15-17-19-21-43-48-52-56-60-64-68-72-76-80-86(91)92-81-77-73-69-65-61-57-53-49-45-42-40-38-36-34-32-30-28-26-24-22-23-25-27-29-31-33-35-37-39-41-44-47-51-55-59-63-67-71-75-79-85(90)87-83(82-88)84(89)78-74-70-66-62-58-54-50-46-20-18-16-14-12-10-8-6-4-2/h11,13,17,19,83-84,88-89H,3-10,12,14-16,18,20-82H2,1-2H3,(H,87,90)/b13-11-,19-17-. The van der Waals surface area contributed by atoms with E-state index in [2.05, 4.69) is 43.5 Å². The molecule has 546 valence electrons. The van der Waals surface area contributed by atoms with Crippen LogP contribution < -0.4 is 5.32 Å². The van der Waals surface area contributed by atoms with Gasteiger partial charge >= 0.3 is 5.97 Å². The minimum atomic E-state index is -0.660. The number of hydrogen-bond donors (Lipinski definition) is 3. The Labute approximate surface area is 577 Å². The van der Waals surface area contributed by atoms with Crippen molar-refractivity contribution in [2.45, 2.75) is 501 Å². The van der Waals surface area contributed by atoms with Crippen molar-refractivity contribution in [2.24, 2.45) is 0 Å². The number of ether oxygens (including phenoxy) is 1. The molecule has 0 heterocycles. The van der Waals surface area contributed by atoms with Gasteiger partial charge < -0.3 is 20.3 Å². The topological polar surface area (TPSA) is 95.9 Å². The Morgan fingerprint density at radius 1 is 0.304 bits per heavy atom. The summed E-state index contributed by atoms with van der Waals surface area (Å²) in [6, 6.07) is -0.537. The van der Waals surface area contributed by atoms with Crippen LogP contribution in [0.3, 0.4) is 0 Å². The molecule has 0 radical (unpaired) electrons. The van der Waals surface area contributed by atoms with Gasteiger partial charge in [-0.15, -0.1) is 0 Å². The molecule has 0 aliphatic rings. The van der Waals surface area contributed by atoms with Crippen LogP contribution in [0.1, 0.15) is 489 Å². The van der Waals surface area contributed by atoms with Crippen molar-refractivity contribution in [1.29, 1.82) is 0 Å². The van der Waals surface area contributed by atoms with E-state index in [4.69, 9.17) is 4.74 Å². The SMILES string of the molecule is CCCCC/C=C\C/C=C\CCCCCCCCCCCC(=O)OCCCCCCCCCCCCCCCCCCCCCCCCCCCCCCCCCCCCCCCCCC(=O)NC(CO)C(O)CCCCCCCCCCCCCCCCCCC. The van der Waals surface area contributed by atoms with E-state index in [1.807, 2.05) is 0 Å². The van der Waals surface area contributed by atoms with Crippen LogP contribution in [-0.4, -0.2) is 47.4 Å². The first-order valence-electron chi connectivity index (χ1n) is 42.6. The molecule has 0 aromatic rings. The molecule has 92 heavy (non-hydrogen) atoms. The second-order valence-electron chi connectivity index (χ2n) is 29.5. The predicted molar refractivity (Wildman–Crippen MR) is 407 cm³/mol. The molecule has 1 amide bonds. The minimum Gasteiger partial charge on any atom is -0.466 e. The number of allylic oxidation sites excluding steroid dienone is 4. The predicted octanol–water partition coefficient (Wildman–Crippen LogP) is 28.4. The summed E-state index contributed by atoms with van der Waals surface area (Å²) in [6.07, 6.45) is 106. The summed E-state index contributed by atoms with van der Waals surface area (Å²) >= 11 is 0. The van der Waals surface area contributed by atoms with Crippen molar-refractivity contribution in [1.82, 2.24) is 5.32 Å². The van der Waals surface area contributed by atoms with Gasteiger partial charge in [-0.2, -0.15) is 0 Å². The summed E-state index contributed by atoms with van der Waals surface area (Å²) < 4.78 is 5.52. The maximum atomic E-state index is 12.5. The minimum absolute atomic E-state index is 0.0213. The Balaban J connectivity index is 3.28. The molecular weight excluding hydrogens is 1130 g/mol. The van der Waals surface area contributed by atoms with E-state index in [0.717, 1.165) is 44.9 Å². The largest absolute Gasteiger partial charge is 0.466 e. The molecule has 0 aromatic heterocycles. The van der Waals surface area contributed by atoms with E-state index in [0.29, 0.717) is 25.9 Å². The normalized spacial score (nSPS) is 12.5. The van der Waals surface area contributed by atoms with E-state index in [9.17, 15) is 19.8 Å². The second-order valence-corrected chi connectivity index (χ2v) is 29.5. The lowest BCUT2D eigenvalue weighted by Gasteiger charge is -2.22. The lowest BCUT2D eigenvalue weighted by molar-refractivity contribution is -0.143. The number of carbonyl (C=O) groups excluding carboxylic acids is 2. The van der Waals surface area contributed by atoms with Gasteiger partial charge in [0.2, 0.25) is 5.91 Å². The summed E-state index contributed by atoms with van der Waals surface area (Å²) in [5.41, 5.74) is 0. The first-order valence-corrected chi connectivity index (χ1v) is 42.6. The molecule has 0 rings (SSSR count). The highest BCUT2D eigenvalue weighted by atomic mass is 16.5. The van der Waals surface area contributed by atoms with E-state index < -0.39 is 12.1 Å². The van der Waals surface area contributed by atoms with Crippen molar-refractivity contribution in [3.8, 4) is 0 Å². The average molecular weight is 1300 g/mol. The molecule has 0 aliphatic heterocycles. The first kappa shape index (κ1) is 90.3. The van der Waals surface area contributed by atoms with Crippen LogP contribution in [0.25, 0.3) is 0 Å². The summed E-state index contributed by atoms with van der Waals surface area (Å²) in [5, 5.41) is 23.4. The van der Waals surface area contributed by atoms with Gasteiger partial charge in [-0.3, -0.25) is 9.59 Å². The van der Waals surface area contributed by atoms with Crippen LogP contribution in [0.4, 0.5) is 0 Å². The van der Waals surface area contributed by atoms with E-state index >= 15 is 0 Å². The van der Waals surface area contributed by atoms with Gasteiger partial charge in [0.05, 0.1) is 25.4 Å². The molecule has 0 saturated carbocycles. The molecule has 0 saturated heterocycles. The summed E-state index contributed by atoms with van der Waals surface area (Å²) in [4.78, 5) is 24.7. The van der Waals surface area contributed by atoms with Gasteiger partial charge in [0, 0.05) is 12.8 Å². The molecule has 2 unspecified atom stereocenters. The van der Waals surface area contributed by atoms with Crippen molar-refractivity contribution in [3.63, 3.8) is 0 Å². The first-order chi connectivity index (χ1) is 45.5. The Kier molecular flexibility index (Phi) is 80.3. The van der Waals surface area contributed by atoms with Crippen molar-refractivity contribution < 1.29 is 24.5 Å². The summed E-state index contributed by atoms with van der Waals surface area (Å²) in [7, 11) is 0. The average Bonchev–Trinajstić information content (AvgIpc) is 3.60. The zero-order valence-electron chi connectivity index (χ0n) is 62.8. The van der Waals surface area contributed by atoms with Gasteiger partial charge in [0.1, 0.15) is 0 Å². The lowest BCUT2D eigenvalue weighted by Crippen LogP contribution is -2.45. The highest BCUT2D eigenvalue weighted by molar-refractivity contribution is 5.76. The molecule has 3 N–H and O–H groups in total. The number of rotatable bonds is 81. The number of amides is 1. The smallest absolute Gasteiger partial charge is 0.305 e. The third-order valence-electron chi connectivity index (χ3n) is 20.3. The number of carbonyl (C=O) groups is 2. The van der Waals surface area contributed by atoms with Crippen LogP contribution in [-0.2, 0) is 14.3 Å². The van der Waals surface area contributed by atoms with E-state index in [1.165, 1.54) is 411 Å². The van der Waals surface area contributed by atoms with Crippen molar-refractivity contribution in [2.75, 3.05) is 13.2 Å². The fourth-order valence-electron chi connectivity index (χ4n) is 13.8. The third-order valence-corrected chi connectivity index (χ3v) is 20.3. The third kappa shape index (κ3) is 77.3. The van der Waals surface area contributed by atoms with Gasteiger partial charge in [0.25, 0.3) is 0 Å². The maximum Gasteiger partial charge on any atom is 0.305 e. The molecule has 0 bridgehead atoms. The van der Waals surface area contributed by atoms with Gasteiger partial charge in [0.15, 0.2) is 0 Å². The number of esters is 1. The monoisotopic (exact) mass is 1290 g/mol. The molecule has 6 heteroatoms. The second kappa shape index (κ2) is 81.8. The van der Waals surface area contributed by atoms with Crippen LogP contribution in [0.2, 0.25) is 0 Å². The maximum absolute atomic E-state index is 12.5. The Hall–Kier alpha value is -1.66. The molecular formula is C86H167NO5. The molecule has 0 spiro atoms. The molecule has 0 fully saturated rings. The quantitative estimate of drug-likeness (QED) is 0.0320. The zero-order valence-corrected chi connectivity index (χ0v) is 62.8. The number of aliphatic hydroxyl groups excluding tert-OH is 2. The number of aliphatic hydroxyl groups is 2. The highest BCUT2D eigenvalue weighted by Gasteiger charge is 2.20. The zero-order chi connectivity index (χ0) is 66.3. The molecule has 6 nitrogen and oxygen atoms in total. The Morgan fingerprint density at radius 3 is 0.848 bits per heavy atom. The van der Waals surface area contributed by atoms with Gasteiger partial charge in [-0.05, 0) is 57.8 Å². The van der Waals surface area contributed by atoms with E-state index in [-0.39, 0.29) is 18.5 Å². The summed E-state index contributed by atoms with van der Waals surface area (Å²) in [6.45, 7) is 4.98. The van der Waals surface area contributed by atoms with Crippen molar-refractivity contribution in [3.05, 3.63) is 24.3 Å². The summed E-state index contributed by atoms with van der Waals surface area (Å²) in [5.74, 6) is -0.00279. The van der Waals surface area contributed by atoms with Crippen LogP contribution >= 0.6 is 0 Å². The molecule has 2 atom stereocenters. The highest BCUT2D eigenvalue weighted by Crippen LogP contribution is 2.21. The van der Waals surface area contributed by atoms with E-state index in [1.54, 1.807) is 0 Å². The van der Waals surface area contributed by atoms with Crippen LogP contribution in [0, 0.1) is 0 Å². The fraction of sp³-hybridized carbons (Fsp3) is 0.930. The Morgan fingerprint density at radius 2 is 0.543 bits per heavy atom. The van der Waals surface area contributed by atoms with Gasteiger partial charge in [-0.25, -0.2) is 0 Å².